The summed E-state index contributed by atoms with van der Waals surface area (Å²) in [6, 6.07) is 13.7. The van der Waals surface area contributed by atoms with E-state index in [1.165, 1.54) is 0 Å². The van der Waals surface area contributed by atoms with Crippen LogP contribution in [0.1, 0.15) is 17.2 Å². The van der Waals surface area contributed by atoms with Gasteiger partial charge in [-0.15, -0.1) is 0 Å². The molecule has 0 saturated heterocycles. The number of hydrogen-bond donors (Lipinski definition) is 3. The maximum absolute atomic E-state index is 9.69. The Morgan fingerprint density at radius 1 is 0.882 bits per heavy atom. The van der Waals surface area contributed by atoms with Crippen molar-refractivity contribution < 1.29 is 10.2 Å². The SMILES string of the molecule is NC(Cc1ccccc1O)c1ccccc1O. The molecule has 2 aromatic rings. The van der Waals surface area contributed by atoms with Gasteiger partial charge in [0, 0.05) is 11.6 Å². The van der Waals surface area contributed by atoms with Gasteiger partial charge in [0.15, 0.2) is 0 Å². The van der Waals surface area contributed by atoms with E-state index in [0.717, 1.165) is 5.56 Å². The summed E-state index contributed by atoms with van der Waals surface area (Å²) < 4.78 is 0. The summed E-state index contributed by atoms with van der Waals surface area (Å²) in [6.45, 7) is 0. The van der Waals surface area contributed by atoms with Gasteiger partial charge in [0.2, 0.25) is 0 Å². The lowest BCUT2D eigenvalue weighted by Gasteiger charge is -2.14. The Morgan fingerprint density at radius 3 is 2.12 bits per heavy atom. The molecule has 4 N–H and O–H groups in total. The van der Waals surface area contributed by atoms with Gasteiger partial charge in [-0.25, -0.2) is 0 Å². The summed E-state index contributed by atoms with van der Waals surface area (Å²) in [5.74, 6) is 0.425. The van der Waals surface area contributed by atoms with Gasteiger partial charge >= 0.3 is 0 Å². The fraction of sp³-hybridized carbons (Fsp3) is 0.143. The Bertz CT molecular complexity index is 511. The first kappa shape index (κ1) is 11.5. The molecule has 0 aromatic heterocycles. The molecular weight excluding hydrogens is 214 g/mol. The smallest absolute Gasteiger partial charge is 0.120 e. The molecule has 3 heteroatoms. The average molecular weight is 229 g/mol. The van der Waals surface area contributed by atoms with Gasteiger partial charge in [-0.05, 0) is 24.1 Å². The van der Waals surface area contributed by atoms with E-state index in [1.807, 2.05) is 18.2 Å². The predicted octanol–water partition coefficient (Wildman–Crippen LogP) is 2.34. The third-order valence-electron chi connectivity index (χ3n) is 2.77. The fourth-order valence-electron chi connectivity index (χ4n) is 1.83. The van der Waals surface area contributed by atoms with E-state index < -0.39 is 0 Å². The standard InChI is InChI=1S/C14H15NO2/c15-12(11-6-2-4-8-14(11)17)9-10-5-1-3-7-13(10)16/h1-8,12,16-17H,9,15H2. The minimum Gasteiger partial charge on any atom is -0.508 e. The van der Waals surface area contributed by atoms with Crippen molar-refractivity contribution in [2.45, 2.75) is 12.5 Å². The number of phenols is 2. The number of benzene rings is 2. The van der Waals surface area contributed by atoms with Crippen LogP contribution in [-0.4, -0.2) is 10.2 Å². The lowest BCUT2D eigenvalue weighted by atomic mass is 9.98. The summed E-state index contributed by atoms with van der Waals surface area (Å²) in [5.41, 5.74) is 7.50. The minimum atomic E-state index is -0.329. The molecule has 0 radical (unpaired) electrons. The van der Waals surface area contributed by atoms with Gasteiger partial charge in [-0.2, -0.15) is 0 Å². The molecule has 17 heavy (non-hydrogen) atoms. The van der Waals surface area contributed by atoms with Crippen LogP contribution in [0, 0.1) is 0 Å². The van der Waals surface area contributed by atoms with Crippen LogP contribution in [0.3, 0.4) is 0 Å². The molecule has 2 rings (SSSR count). The van der Waals surface area contributed by atoms with Crippen molar-refractivity contribution in [3.63, 3.8) is 0 Å². The van der Waals surface area contributed by atoms with Crippen LogP contribution < -0.4 is 5.73 Å². The summed E-state index contributed by atoms with van der Waals surface area (Å²) in [5, 5.41) is 19.3. The van der Waals surface area contributed by atoms with E-state index in [1.54, 1.807) is 30.3 Å². The lowest BCUT2D eigenvalue weighted by molar-refractivity contribution is 0.454. The highest BCUT2D eigenvalue weighted by atomic mass is 16.3. The van der Waals surface area contributed by atoms with E-state index in [4.69, 9.17) is 5.73 Å². The van der Waals surface area contributed by atoms with E-state index in [-0.39, 0.29) is 17.5 Å². The van der Waals surface area contributed by atoms with Gasteiger partial charge in [0.05, 0.1) is 0 Å². The highest BCUT2D eigenvalue weighted by Crippen LogP contribution is 2.27. The summed E-state index contributed by atoms with van der Waals surface area (Å²) in [4.78, 5) is 0. The lowest BCUT2D eigenvalue weighted by Crippen LogP contribution is -2.13. The summed E-state index contributed by atoms with van der Waals surface area (Å²) >= 11 is 0. The number of hydrogen-bond acceptors (Lipinski definition) is 3. The molecule has 0 fully saturated rings. The van der Waals surface area contributed by atoms with Crippen molar-refractivity contribution in [1.29, 1.82) is 0 Å². The molecule has 2 aromatic carbocycles. The highest BCUT2D eigenvalue weighted by Gasteiger charge is 2.12. The Balaban J connectivity index is 2.20. The monoisotopic (exact) mass is 229 g/mol. The molecule has 0 aliphatic rings. The van der Waals surface area contributed by atoms with Gasteiger partial charge in [0.25, 0.3) is 0 Å². The van der Waals surface area contributed by atoms with Crippen molar-refractivity contribution in [2.75, 3.05) is 0 Å². The molecule has 0 amide bonds. The zero-order valence-electron chi connectivity index (χ0n) is 9.38. The third-order valence-corrected chi connectivity index (χ3v) is 2.77. The number of phenolic OH excluding ortho intramolecular Hbond substituents is 2. The number of aromatic hydroxyl groups is 2. The quantitative estimate of drug-likeness (QED) is 0.756. The Morgan fingerprint density at radius 2 is 1.47 bits per heavy atom. The molecule has 0 spiro atoms. The molecule has 88 valence electrons. The normalized spacial score (nSPS) is 12.3. The molecule has 0 saturated carbocycles. The largest absolute Gasteiger partial charge is 0.508 e. The number of para-hydroxylation sites is 2. The van der Waals surface area contributed by atoms with Crippen molar-refractivity contribution in [1.82, 2.24) is 0 Å². The van der Waals surface area contributed by atoms with Crippen molar-refractivity contribution in [2.24, 2.45) is 5.73 Å². The third kappa shape index (κ3) is 2.57. The highest BCUT2D eigenvalue weighted by molar-refractivity contribution is 5.38. The number of rotatable bonds is 3. The van der Waals surface area contributed by atoms with Crippen LogP contribution in [0.2, 0.25) is 0 Å². The molecule has 0 heterocycles. The van der Waals surface area contributed by atoms with Gasteiger partial charge < -0.3 is 15.9 Å². The first-order chi connectivity index (χ1) is 8.18. The molecule has 3 nitrogen and oxygen atoms in total. The summed E-state index contributed by atoms with van der Waals surface area (Å²) in [7, 11) is 0. The van der Waals surface area contributed by atoms with Gasteiger partial charge in [-0.3, -0.25) is 0 Å². The van der Waals surface area contributed by atoms with E-state index in [2.05, 4.69) is 0 Å². The van der Waals surface area contributed by atoms with Crippen LogP contribution in [0.5, 0.6) is 11.5 Å². The van der Waals surface area contributed by atoms with Crippen LogP contribution in [0.25, 0.3) is 0 Å². The Labute approximate surface area is 100 Å². The zero-order chi connectivity index (χ0) is 12.3. The Hall–Kier alpha value is -2.00. The maximum Gasteiger partial charge on any atom is 0.120 e. The van der Waals surface area contributed by atoms with Gasteiger partial charge in [0.1, 0.15) is 11.5 Å². The van der Waals surface area contributed by atoms with Crippen molar-refractivity contribution in [3.05, 3.63) is 59.7 Å². The first-order valence-electron chi connectivity index (χ1n) is 5.49. The van der Waals surface area contributed by atoms with Crippen LogP contribution in [0.15, 0.2) is 48.5 Å². The van der Waals surface area contributed by atoms with E-state index >= 15 is 0 Å². The van der Waals surface area contributed by atoms with Crippen LogP contribution in [-0.2, 0) is 6.42 Å². The van der Waals surface area contributed by atoms with E-state index in [0.29, 0.717) is 12.0 Å². The minimum absolute atomic E-state index is 0.190. The summed E-state index contributed by atoms with van der Waals surface area (Å²) in [6.07, 6.45) is 0.490. The van der Waals surface area contributed by atoms with E-state index in [9.17, 15) is 10.2 Å². The van der Waals surface area contributed by atoms with Crippen molar-refractivity contribution >= 4 is 0 Å². The Kier molecular flexibility index (Phi) is 3.30. The molecular formula is C14H15NO2. The predicted molar refractivity (Wildman–Crippen MR) is 66.8 cm³/mol. The maximum atomic E-state index is 9.69. The van der Waals surface area contributed by atoms with Crippen molar-refractivity contribution in [3.8, 4) is 11.5 Å². The second-order valence-corrected chi connectivity index (χ2v) is 4.00. The first-order valence-corrected chi connectivity index (χ1v) is 5.49. The molecule has 0 aliphatic heterocycles. The zero-order valence-corrected chi connectivity index (χ0v) is 9.38. The van der Waals surface area contributed by atoms with Crippen LogP contribution in [0.4, 0.5) is 0 Å². The molecule has 0 bridgehead atoms. The fourth-order valence-corrected chi connectivity index (χ4v) is 1.83. The van der Waals surface area contributed by atoms with Crippen LogP contribution >= 0.6 is 0 Å². The second-order valence-electron chi connectivity index (χ2n) is 4.00. The van der Waals surface area contributed by atoms with Gasteiger partial charge in [-0.1, -0.05) is 36.4 Å². The molecule has 1 unspecified atom stereocenters. The molecule has 0 aliphatic carbocycles. The average Bonchev–Trinajstić information content (AvgIpc) is 2.32. The molecule has 1 atom stereocenters. The second kappa shape index (κ2) is 4.89. The topological polar surface area (TPSA) is 66.5 Å². The number of nitrogens with two attached hydrogens (primary N) is 1.